The van der Waals surface area contributed by atoms with E-state index in [1.54, 1.807) is 12.1 Å². The summed E-state index contributed by atoms with van der Waals surface area (Å²) in [4.78, 5) is 0. The Morgan fingerprint density at radius 3 is 2.37 bits per heavy atom. The molecule has 100 valence electrons. The number of hydrogen-bond donors (Lipinski definition) is 0. The number of ether oxygens (including phenoxy) is 1. The lowest BCUT2D eigenvalue weighted by Crippen LogP contribution is -2.00. The molecule has 0 aliphatic rings. The smallest absolute Gasteiger partial charge is 0.165 e. The van der Waals surface area contributed by atoms with Gasteiger partial charge in [-0.3, -0.25) is 0 Å². The van der Waals surface area contributed by atoms with E-state index in [1.165, 1.54) is 11.6 Å². The number of hydrogen-bond acceptors (Lipinski definition) is 1. The SMILES string of the molecule is CCc1ccc(COc2c(F)cccc2CCl)cc1. The van der Waals surface area contributed by atoms with Crippen molar-refractivity contribution >= 4 is 11.6 Å². The van der Waals surface area contributed by atoms with Crippen molar-refractivity contribution in [2.24, 2.45) is 0 Å². The summed E-state index contributed by atoms with van der Waals surface area (Å²) in [7, 11) is 0. The van der Waals surface area contributed by atoms with E-state index in [0.717, 1.165) is 12.0 Å². The van der Waals surface area contributed by atoms with E-state index < -0.39 is 0 Å². The van der Waals surface area contributed by atoms with Crippen molar-refractivity contribution in [1.82, 2.24) is 0 Å². The Bertz CT molecular complexity index is 537. The molecule has 0 saturated carbocycles. The van der Waals surface area contributed by atoms with Crippen molar-refractivity contribution in [2.75, 3.05) is 0 Å². The molecule has 2 aromatic carbocycles. The maximum atomic E-state index is 13.7. The van der Waals surface area contributed by atoms with Crippen LogP contribution >= 0.6 is 11.6 Å². The maximum Gasteiger partial charge on any atom is 0.165 e. The van der Waals surface area contributed by atoms with Crippen molar-refractivity contribution in [1.29, 1.82) is 0 Å². The first-order valence-electron chi connectivity index (χ1n) is 6.28. The van der Waals surface area contributed by atoms with E-state index in [9.17, 15) is 4.39 Å². The van der Waals surface area contributed by atoms with Crippen LogP contribution in [0.15, 0.2) is 42.5 Å². The van der Waals surface area contributed by atoms with Gasteiger partial charge in [-0.15, -0.1) is 11.6 Å². The van der Waals surface area contributed by atoms with E-state index in [-0.39, 0.29) is 17.4 Å². The average molecular weight is 279 g/mol. The third-order valence-corrected chi connectivity index (χ3v) is 3.29. The molecule has 0 aliphatic carbocycles. The second-order valence-corrected chi connectivity index (χ2v) is 4.59. The van der Waals surface area contributed by atoms with E-state index in [0.29, 0.717) is 12.2 Å². The zero-order chi connectivity index (χ0) is 13.7. The zero-order valence-corrected chi connectivity index (χ0v) is 11.6. The van der Waals surface area contributed by atoms with Crippen LogP contribution in [0.5, 0.6) is 5.75 Å². The molecule has 3 heteroatoms. The van der Waals surface area contributed by atoms with Crippen LogP contribution in [0.4, 0.5) is 4.39 Å². The van der Waals surface area contributed by atoms with Crippen LogP contribution in [0, 0.1) is 5.82 Å². The van der Waals surface area contributed by atoms with Gasteiger partial charge in [-0.25, -0.2) is 4.39 Å². The minimum atomic E-state index is -0.372. The molecule has 0 amide bonds. The molecule has 2 rings (SSSR count). The number of alkyl halides is 1. The highest BCUT2D eigenvalue weighted by atomic mass is 35.5. The summed E-state index contributed by atoms with van der Waals surface area (Å²) in [6.45, 7) is 2.45. The molecule has 0 bridgehead atoms. The Morgan fingerprint density at radius 2 is 1.74 bits per heavy atom. The highest BCUT2D eigenvalue weighted by molar-refractivity contribution is 6.17. The molecular formula is C16H16ClFO. The molecule has 0 aromatic heterocycles. The van der Waals surface area contributed by atoms with Gasteiger partial charge < -0.3 is 4.74 Å². The summed E-state index contributed by atoms with van der Waals surface area (Å²) in [5.74, 6) is 0.113. The standard InChI is InChI=1S/C16H16ClFO/c1-2-12-6-8-13(9-7-12)11-19-16-14(10-17)4-3-5-15(16)18/h3-9H,2,10-11H2,1H3. The van der Waals surface area contributed by atoms with Crippen molar-refractivity contribution in [3.63, 3.8) is 0 Å². The summed E-state index contributed by atoms with van der Waals surface area (Å²) in [6.07, 6.45) is 1.00. The van der Waals surface area contributed by atoms with E-state index in [4.69, 9.17) is 16.3 Å². The Hall–Kier alpha value is -1.54. The predicted octanol–water partition coefficient (Wildman–Crippen LogP) is 4.71. The second-order valence-electron chi connectivity index (χ2n) is 4.32. The average Bonchev–Trinajstić information content (AvgIpc) is 2.46. The molecule has 0 heterocycles. The van der Waals surface area contributed by atoms with Gasteiger partial charge in [-0.05, 0) is 23.6 Å². The normalized spacial score (nSPS) is 10.5. The van der Waals surface area contributed by atoms with Crippen molar-refractivity contribution in [2.45, 2.75) is 25.8 Å². The minimum absolute atomic E-state index is 0.238. The van der Waals surface area contributed by atoms with Gasteiger partial charge in [-0.2, -0.15) is 0 Å². The third-order valence-electron chi connectivity index (χ3n) is 3.01. The van der Waals surface area contributed by atoms with E-state index in [1.807, 2.05) is 12.1 Å². The molecular weight excluding hydrogens is 263 g/mol. The number of para-hydroxylation sites is 1. The van der Waals surface area contributed by atoms with Crippen LogP contribution in [0.3, 0.4) is 0 Å². The maximum absolute atomic E-state index is 13.7. The lowest BCUT2D eigenvalue weighted by Gasteiger charge is -2.11. The Balaban J connectivity index is 2.09. The topological polar surface area (TPSA) is 9.23 Å². The first kappa shape index (κ1) is 13.9. The lowest BCUT2D eigenvalue weighted by atomic mass is 10.1. The molecule has 0 spiro atoms. The Kier molecular flexibility index (Phi) is 4.80. The van der Waals surface area contributed by atoms with Gasteiger partial charge in [0.25, 0.3) is 0 Å². The zero-order valence-electron chi connectivity index (χ0n) is 10.8. The number of benzene rings is 2. The van der Waals surface area contributed by atoms with Gasteiger partial charge in [0.05, 0.1) is 5.88 Å². The van der Waals surface area contributed by atoms with Crippen LogP contribution in [0.2, 0.25) is 0 Å². The fourth-order valence-corrected chi connectivity index (χ4v) is 2.06. The fourth-order valence-electron chi connectivity index (χ4n) is 1.85. The largest absolute Gasteiger partial charge is 0.485 e. The molecule has 0 unspecified atom stereocenters. The molecule has 0 atom stereocenters. The molecule has 1 nitrogen and oxygen atoms in total. The first-order valence-corrected chi connectivity index (χ1v) is 6.82. The molecule has 0 N–H and O–H groups in total. The first-order chi connectivity index (χ1) is 9.24. The van der Waals surface area contributed by atoms with Gasteiger partial charge >= 0.3 is 0 Å². The van der Waals surface area contributed by atoms with Gasteiger partial charge in [0.2, 0.25) is 0 Å². The van der Waals surface area contributed by atoms with Crippen LogP contribution in [-0.4, -0.2) is 0 Å². The van der Waals surface area contributed by atoms with Gasteiger partial charge in [-0.1, -0.05) is 43.3 Å². The minimum Gasteiger partial charge on any atom is -0.485 e. The van der Waals surface area contributed by atoms with Gasteiger partial charge in [0.1, 0.15) is 6.61 Å². The molecule has 2 aromatic rings. The number of aryl methyl sites for hydroxylation is 1. The number of halogens is 2. The quantitative estimate of drug-likeness (QED) is 0.720. The van der Waals surface area contributed by atoms with Crippen molar-refractivity contribution in [3.05, 3.63) is 65.0 Å². The molecule has 19 heavy (non-hydrogen) atoms. The van der Waals surface area contributed by atoms with Gasteiger partial charge in [0.15, 0.2) is 11.6 Å². The summed E-state index contributed by atoms with van der Waals surface area (Å²) in [6, 6.07) is 12.9. The highest BCUT2D eigenvalue weighted by Crippen LogP contribution is 2.25. The molecule has 0 aliphatic heterocycles. The monoisotopic (exact) mass is 278 g/mol. The van der Waals surface area contributed by atoms with E-state index in [2.05, 4.69) is 19.1 Å². The molecule has 0 saturated heterocycles. The third kappa shape index (κ3) is 3.48. The van der Waals surface area contributed by atoms with Crippen LogP contribution in [-0.2, 0) is 18.9 Å². The summed E-state index contributed by atoms with van der Waals surface area (Å²) >= 11 is 5.78. The Labute approximate surface area is 118 Å². The van der Waals surface area contributed by atoms with E-state index >= 15 is 0 Å². The van der Waals surface area contributed by atoms with Crippen LogP contribution in [0.1, 0.15) is 23.6 Å². The van der Waals surface area contributed by atoms with Gasteiger partial charge in [0, 0.05) is 5.56 Å². The van der Waals surface area contributed by atoms with Crippen LogP contribution < -0.4 is 4.74 Å². The number of rotatable bonds is 5. The van der Waals surface area contributed by atoms with Crippen LogP contribution in [0.25, 0.3) is 0 Å². The lowest BCUT2D eigenvalue weighted by molar-refractivity contribution is 0.288. The summed E-state index contributed by atoms with van der Waals surface area (Å²) in [5.41, 5.74) is 2.96. The fraction of sp³-hybridized carbons (Fsp3) is 0.250. The van der Waals surface area contributed by atoms with Crippen molar-refractivity contribution in [3.8, 4) is 5.75 Å². The predicted molar refractivity (Wildman–Crippen MR) is 76.1 cm³/mol. The summed E-state index contributed by atoms with van der Waals surface area (Å²) in [5, 5.41) is 0. The van der Waals surface area contributed by atoms with Crippen molar-refractivity contribution < 1.29 is 9.13 Å². The summed E-state index contributed by atoms with van der Waals surface area (Å²) < 4.78 is 19.2. The second kappa shape index (κ2) is 6.58. The Morgan fingerprint density at radius 1 is 1.05 bits per heavy atom. The highest BCUT2D eigenvalue weighted by Gasteiger charge is 2.09. The molecule has 0 radical (unpaired) electrons. The molecule has 0 fully saturated rings.